The van der Waals surface area contributed by atoms with E-state index < -0.39 is 5.25 Å². The molecule has 0 saturated heterocycles. The summed E-state index contributed by atoms with van der Waals surface area (Å²) in [5.74, 6) is 0.501. The number of rotatable bonds is 6. The third kappa shape index (κ3) is 4.43. The normalized spacial score (nSPS) is 12.0. The second-order valence-corrected chi connectivity index (χ2v) is 9.54. The second kappa shape index (κ2) is 9.08. The van der Waals surface area contributed by atoms with Gasteiger partial charge in [0.1, 0.15) is 27.2 Å². The van der Waals surface area contributed by atoms with Gasteiger partial charge in [0.15, 0.2) is 0 Å². The van der Waals surface area contributed by atoms with Crippen LogP contribution >= 0.6 is 23.1 Å². The summed E-state index contributed by atoms with van der Waals surface area (Å²) in [5, 5.41) is 4.42. The molecule has 1 N–H and O–H groups in total. The molecule has 0 saturated carbocycles. The van der Waals surface area contributed by atoms with Gasteiger partial charge in [0.05, 0.1) is 12.8 Å². The van der Waals surface area contributed by atoms with Crippen molar-refractivity contribution in [1.82, 2.24) is 9.97 Å². The number of carbonyl (C=O) groups excluding carboxylic acids is 1. The van der Waals surface area contributed by atoms with Gasteiger partial charge >= 0.3 is 0 Å². The molecule has 2 aromatic carbocycles. The molecule has 4 rings (SSSR count). The molecule has 5 nitrogen and oxygen atoms in total. The van der Waals surface area contributed by atoms with E-state index in [9.17, 15) is 4.79 Å². The minimum absolute atomic E-state index is 0.128. The van der Waals surface area contributed by atoms with Crippen LogP contribution in [0.5, 0.6) is 5.75 Å². The first-order valence-electron chi connectivity index (χ1n) is 9.85. The summed E-state index contributed by atoms with van der Waals surface area (Å²) in [6.45, 7) is 6.15. The molecule has 0 aliphatic carbocycles. The van der Waals surface area contributed by atoms with E-state index in [2.05, 4.69) is 29.1 Å². The number of methoxy groups -OCH3 is 1. The van der Waals surface area contributed by atoms with Crippen LogP contribution in [-0.2, 0) is 4.79 Å². The fraction of sp³-hybridized carbons (Fsp3) is 0.208. The maximum atomic E-state index is 13.5. The minimum atomic E-state index is -0.482. The maximum absolute atomic E-state index is 13.5. The highest BCUT2D eigenvalue weighted by Crippen LogP contribution is 2.41. The Kier molecular flexibility index (Phi) is 6.25. The predicted molar refractivity (Wildman–Crippen MR) is 128 cm³/mol. The molecule has 0 aliphatic heterocycles. The van der Waals surface area contributed by atoms with Gasteiger partial charge in [-0.3, -0.25) is 4.79 Å². The zero-order valence-corrected chi connectivity index (χ0v) is 19.4. The van der Waals surface area contributed by atoms with Crippen LogP contribution in [0.25, 0.3) is 10.2 Å². The van der Waals surface area contributed by atoms with Crippen LogP contribution in [0.3, 0.4) is 0 Å². The summed E-state index contributed by atoms with van der Waals surface area (Å²) in [6, 6.07) is 15.5. The zero-order valence-electron chi connectivity index (χ0n) is 17.8. The average molecular weight is 450 g/mol. The van der Waals surface area contributed by atoms with Crippen LogP contribution in [0, 0.1) is 20.8 Å². The lowest BCUT2D eigenvalue weighted by molar-refractivity contribution is -0.115. The number of fused-ring (bicyclic) bond motifs is 1. The molecule has 1 unspecified atom stereocenters. The average Bonchev–Trinajstić information content (AvgIpc) is 3.07. The van der Waals surface area contributed by atoms with Crippen LogP contribution in [0.4, 0.5) is 5.69 Å². The van der Waals surface area contributed by atoms with Crippen molar-refractivity contribution in [3.63, 3.8) is 0 Å². The topological polar surface area (TPSA) is 64.1 Å². The van der Waals surface area contributed by atoms with Gasteiger partial charge in [-0.25, -0.2) is 9.97 Å². The Bertz CT molecular complexity index is 1240. The molecule has 0 radical (unpaired) electrons. The first-order chi connectivity index (χ1) is 15.0. The third-order valence-electron chi connectivity index (χ3n) is 5.11. The Labute approximate surface area is 189 Å². The molecule has 2 aromatic heterocycles. The molecule has 0 fully saturated rings. The predicted octanol–water partition coefficient (Wildman–Crippen LogP) is 6.10. The van der Waals surface area contributed by atoms with Crippen LogP contribution in [0.15, 0.2) is 59.9 Å². The zero-order chi connectivity index (χ0) is 22.0. The largest absolute Gasteiger partial charge is 0.495 e. The second-order valence-electron chi connectivity index (χ2n) is 7.24. The number of anilines is 1. The molecule has 2 heterocycles. The van der Waals surface area contributed by atoms with E-state index in [0.717, 1.165) is 31.9 Å². The van der Waals surface area contributed by atoms with Gasteiger partial charge in [-0.05, 0) is 49.6 Å². The van der Waals surface area contributed by atoms with Crippen molar-refractivity contribution < 1.29 is 9.53 Å². The van der Waals surface area contributed by atoms with Crippen molar-refractivity contribution in [3.8, 4) is 5.75 Å². The number of benzene rings is 2. The maximum Gasteiger partial charge on any atom is 0.242 e. The van der Waals surface area contributed by atoms with Crippen molar-refractivity contribution in [2.24, 2.45) is 0 Å². The quantitative estimate of drug-likeness (QED) is 0.285. The number of hydrogen-bond donors (Lipinski definition) is 1. The van der Waals surface area contributed by atoms with Gasteiger partial charge in [0.2, 0.25) is 5.91 Å². The van der Waals surface area contributed by atoms with Crippen molar-refractivity contribution in [1.29, 1.82) is 0 Å². The summed E-state index contributed by atoms with van der Waals surface area (Å²) in [5.41, 5.74) is 3.77. The van der Waals surface area contributed by atoms with E-state index in [0.29, 0.717) is 11.4 Å². The van der Waals surface area contributed by atoms with Gasteiger partial charge in [-0.2, -0.15) is 0 Å². The minimum Gasteiger partial charge on any atom is -0.495 e. The molecule has 4 aromatic rings. The molecule has 31 heavy (non-hydrogen) atoms. The summed E-state index contributed by atoms with van der Waals surface area (Å²) in [4.78, 5) is 24.6. The number of ether oxygens (including phenoxy) is 1. The Hall–Kier alpha value is -2.90. The fourth-order valence-corrected chi connectivity index (χ4v) is 5.59. The van der Waals surface area contributed by atoms with Crippen molar-refractivity contribution in [2.75, 3.05) is 12.4 Å². The number of aryl methyl sites for hydroxylation is 3. The number of thiophene rings is 1. The summed E-state index contributed by atoms with van der Waals surface area (Å²) in [6.07, 6.45) is 1.57. The highest BCUT2D eigenvalue weighted by Gasteiger charge is 2.26. The molecule has 0 spiro atoms. The summed E-state index contributed by atoms with van der Waals surface area (Å²) in [7, 11) is 1.60. The molecule has 158 valence electrons. The lowest BCUT2D eigenvalue weighted by atomic mass is 10.1. The van der Waals surface area contributed by atoms with E-state index in [-0.39, 0.29) is 5.91 Å². The monoisotopic (exact) mass is 449 g/mol. The lowest BCUT2D eigenvalue weighted by Gasteiger charge is -2.18. The smallest absolute Gasteiger partial charge is 0.242 e. The number of nitrogens with zero attached hydrogens (tertiary/aromatic N) is 2. The van der Waals surface area contributed by atoms with Crippen LogP contribution in [0.2, 0.25) is 0 Å². The van der Waals surface area contributed by atoms with E-state index >= 15 is 0 Å². The third-order valence-corrected chi connectivity index (χ3v) is 7.48. The molecule has 0 aliphatic rings. The Balaban J connectivity index is 1.73. The summed E-state index contributed by atoms with van der Waals surface area (Å²) < 4.78 is 5.44. The van der Waals surface area contributed by atoms with Crippen LogP contribution in [-0.4, -0.2) is 23.0 Å². The first kappa shape index (κ1) is 21.3. The number of amides is 1. The van der Waals surface area contributed by atoms with Gasteiger partial charge in [-0.15, -0.1) is 11.3 Å². The molecular weight excluding hydrogens is 426 g/mol. The number of nitrogens with one attached hydrogen (secondary N) is 1. The van der Waals surface area contributed by atoms with E-state index in [1.54, 1.807) is 24.8 Å². The lowest BCUT2D eigenvalue weighted by Crippen LogP contribution is -2.19. The van der Waals surface area contributed by atoms with E-state index in [4.69, 9.17) is 4.74 Å². The molecular formula is C24H23N3O2S2. The summed E-state index contributed by atoms with van der Waals surface area (Å²) >= 11 is 3.10. The fourth-order valence-electron chi connectivity index (χ4n) is 3.37. The van der Waals surface area contributed by atoms with Gasteiger partial charge in [0, 0.05) is 10.3 Å². The SMILES string of the molecule is COc1ccc(C)cc1NC(=O)C(Sc1ncnc2sc(C)c(C)c12)c1ccccc1. The highest BCUT2D eigenvalue weighted by molar-refractivity contribution is 8.00. The Morgan fingerprint density at radius 2 is 1.87 bits per heavy atom. The van der Waals surface area contributed by atoms with Gasteiger partial charge in [0.25, 0.3) is 0 Å². The first-order valence-corrected chi connectivity index (χ1v) is 11.6. The number of hydrogen-bond acceptors (Lipinski definition) is 6. The molecule has 7 heteroatoms. The van der Waals surface area contributed by atoms with E-state index in [1.807, 2.05) is 55.5 Å². The van der Waals surface area contributed by atoms with Gasteiger partial charge in [-0.1, -0.05) is 48.2 Å². The molecule has 0 bridgehead atoms. The Morgan fingerprint density at radius 1 is 1.10 bits per heavy atom. The number of carbonyl (C=O) groups is 1. The van der Waals surface area contributed by atoms with Crippen molar-refractivity contribution >= 4 is 44.9 Å². The van der Waals surface area contributed by atoms with Crippen molar-refractivity contribution in [3.05, 3.63) is 76.4 Å². The number of thioether (sulfide) groups is 1. The van der Waals surface area contributed by atoms with Crippen LogP contribution < -0.4 is 10.1 Å². The molecule has 1 amide bonds. The van der Waals surface area contributed by atoms with E-state index in [1.165, 1.54) is 16.6 Å². The standard InChI is InChI=1S/C24H23N3O2S2/c1-14-10-11-19(29-4)18(12-14)27-22(28)21(17-8-6-5-7-9-17)31-24-20-15(2)16(3)30-23(20)25-13-26-24/h5-13,21H,1-4H3,(H,27,28). The van der Waals surface area contributed by atoms with Gasteiger partial charge < -0.3 is 10.1 Å². The molecule has 1 atom stereocenters. The highest BCUT2D eigenvalue weighted by atomic mass is 32.2. The Morgan fingerprint density at radius 3 is 2.61 bits per heavy atom. The van der Waals surface area contributed by atoms with Crippen molar-refractivity contribution in [2.45, 2.75) is 31.0 Å². The van der Waals surface area contributed by atoms with Crippen LogP contribution in [0.1, 0.15) is 26.8 Å². The number of aromatic nitrogens is 2.